The van der Waals surface area contributed by atoms with Gasteiger partial charge in [-0.05, 0) is 37.8 Å². The van der Waals surface area contributed by atoms with Crippen molar-refractivity contribution >= 4 is 5.78 Å². The van der Waals surface area contributed by atoms with Crippen molar-refractivity contribution < 1.29 is 4.79 Å². The summed E-state index contributed by atoms with van der Waals surface area (Å²) in [7, 11) is 0. The molecule has 1 aliphatic carbocycles. The molecule has 0 amide bonds. The van der Waals surface area contributed by atoms with Gasteiger partial charge in [0.25, 0.3) is 0 Å². The lowest BCUT2D eigenvalue weighted by atomic mass is 9.78. The molecule has 0 unspecified atom stereocenters. The molecule has 3 rings (SSSR count). The average molecular weight is 243 g/mol. The Morgan fingerprint density at radius 3 is 2.89 bits per heavy atom. The zero-order valence-corrected chi connectivity index (χ0v) is 10.8. The Labute approximate surface area is 109 Å². The van der Waals surface area contributed by atoms with E-state index in [1.54, 1.807) is 0 Å². The standard InChI is InChI=1S/C16H21NO/c18-16-13-7-4-3-6-12(13)9-10-14(16)15-8-2-1-5-11-17-15/h3-4,6-7,14-15,17H,1-2,5,8-11H2/t14-,15+/m0/s1. The first-order chi connectivity index (χ1) is 8.86. The summed E-state index contributed by atoms with van der Waals surface area (Å²) >= 11 is 0. The lowest BCUT2D eigenvalue weighted by molar-refractivity contribution is 0.0865. The van der Waals surface area contributed by atoms with Crippen LogP contribution in [0, 0.1) is 5.92 Å². The van der Waals surface area contributed by atoms with Crippen LogP contribution in [-0.4, -0.2) is 18.4 Å². The van der Waals surface area contributed by atoms with Crippen LogP contribution in [0.5, 0.6) is 0 Å². The summed E-state index contributed by atoms with van der Waals surface area (Å²) in [6.45, 7) is 1.08. The van der Waals surface area contributed by atoms with Gasteiger partial charge in [-0.25, -0.2) is 0 Å². The van der Waals surface area contributed by atoms with Crippen molar-refractivity contribution in [2.45, 2.75) is 44.6 Å². The van der Waals surface area contributed by atoms with E-state index in [1.165, 1.54) is 31.2 Å². The van der Waals surface area contributed by atoms with Gasteiger partial charge in [0.1, 0.15) is 0 Å². The molecule has 2 aliphatic rings. The van der Waals surface area contributed by atoms with Crippen LogP contribution in [0.2, 0.25) is 0 Å². The normalized spacial score (nSPS) is 28.6. The van der Waals surface area contributed by atoms with Gasteiger partial charge >= 0.3 is 0 Å². The Hall–Kier alpha value is -1.15. The SMILES string of the molecule is O=C1c2ccccc2CC[C@H]1[C@H]1CCCCCN1. The number of aryl methyl sites for hydroxylation is 1. The minimum atomic E-state index is 0.206. The number of ketones is 1. The number of nitrogens with one attached hydrogen (secondary N) is 1. The predicted octanol–water partition coefficient (Wildman–Crippen LogP) is 2.96. The number of benzene rings is 1. The minimum Gasteiger partial charge on any atom is -0.313 e. The zero-order chi connectivity index (χ0) is 12.4. The van der Waals surface area contributed by atoms with Crippen molar-refractivity contribution in [3.8, 4) is 0 Å². The smallest absolute Gasteiger partial charge is 0.167 e. The predicted molar refractivity (Wildman–Crippen MR) is 72.8 cm³/mol. The van der Waals surface area contributed by atoms with E-state index in [1.807, 2.05) is 18.2 Å². The van der Waals surface area contributed by atoms with Gasteiger partial charge in [-0.2, -0.15) is 0 Å². The van der Waals surface area contributed by atoms with Gasteiger partial charge in [0.2, 0.25) is 0 Å². The quantitative estimate of drug-likeness (QED) is 0.821. The highest BCUT2D eigenvalue weighted by molar-refractivity contribution is 6.00. The van der Waals surface area contributed by atoms with Crippen molar-refractivity contribution in [2.24, 2.45) is 5.92 Å². The summed E-state index contributed by atoms with van der Waals surface area (Å²) in [5.41, 5.74) is 2.21. The fourth-order valence-corrected chi connectivity index (χ4v) is 3.40. The van der Waals surface area contributed by atoms with Crippen LogP contribution in [0.1, 0.15) is 48.0 Å². The van der Waals surface area contributed by atoms with Crippen molar-refractivity contribution in [2.75, 3.05) is 6.54 Å². The van der Waals surface area contributed by atoms with Crippen LogP contribution < -0.4 is 5.32 Å². The molecule has 1 aliphatic heterocycles. The van der Waals surface area contributed by atoms with Crippen LogP contribution in [-0.2, 0) is 6.42 Å². The van der Waals surface area contributed by atoms with Crippen LogP contribution in [0.25, 0.3) is 0 Å². The largest absolute Gasteiger partial charge is 0.313 e. The van der Waals surface area contributed by atoms with Gasteiger partial charge in [0, 0.05) is 17.5 Å². The molecular formula is C16H21NO. The van der Waals surface area contributed by atoms with E-state index in [2.05, 4.69) is 11.4 Å². The van der Waals surface area contributed by atoms with Crippen molar-refractivity contribution in [1.82, 2.24) is 5.32 Å². The molecule has 1 N–H and O–H groups in total. The second-order valence-electron chi connectivity index (χ2n) is 5.58. The average Bonchev–Trinajstić information content (AvgIpc) is 2.68. The van der Waals surface area contributed by atoms with Crippen molar-refractivity contribution in [1.29, 1.82) is 0 Å². The van der Waals surface area contributed by atoms with Crippen molar-refractivity contribution in [3.05, 3.63) is 35.4 Å². The molecule has 2 atom stereocenters. The first kappa shape index (κ1) is 11.9. The van der Waals surface area contributed by atoms with Gasteiger partial charge in [0.15, 0.2) is 5.78 Å². The van der Waals surface area contributed by atoms with Crippen molar-refractivity contribution in [3.63, 3.8) is 0 Å². The van der Waals surface area contributed by atoms with Gasteiger partial charge in [-0.15, -0.1) is 0 Å². The van der Waals surface area contributed by atoms with E-state index in [-0.39, 0.29) is 5.92 Å². The van der Waals surface area contributed by atoms with E-state index in [0.717, 1.165) is 24.9 Å². The molecule has 1 aromatic carbocycles. The fraction of sp³-hybridized carbons (Fsp3) is 0.562. The molecular weight excluding hydrogens is 222 g/mol. The molecule has 96 valence electrons. The van der Waals surface area contributed by atoms with E-state index in [4.69, 9.17) is 0 Å². The first-order valence-corrected chi connectivity index (χ1v) is 7.22. The molecule has 18 heavy (non-hydrogen) atoms. The summed E-state index contributed by atoms with van der Waals surface area (Å²) in [6.07, 6.45) is 7.08. The molecule has 1 heterocycles. The third-order valence-electron chi connectivity index (χ3n) is 4.43. The lowest BCUT2D eigenvalue weighted by Crippen LogP contribution is -2.41. The molecule has 0 spiro atoms. The number of fused-ring (bicyclic) bond motifs is 1. The number of rotatable bonds is 1. The Kier molecular flexibility index (Phi) is 3.46. The maximum Gasteiger partial charge on any atom is 0.167 e. The molecule has 2 nitrogen and oxygen atoms in total. The minimum absolute atomic E-state index is 0.206. The highest BCUT2D eigenvalue weighted by Gasteiger charge is 2.33. The number of Topliss-reactive ketones (excluding diaryl/α,β-unsaturated/α-hetero) is 1. The van der Waals surface area contributed by atoms with Gasteiger partial charge < -0.3 is 5.32 Å². The third kappa shape index (κ3) is 2.22. The Bertz CT molecular complexity index is 432. The van der Waals surface area contributed by atoms with Gasteiger partial charge in [-0.1, -0.05) is 37.1 Å². The van der Waals surface area contributed by atoms with Crippen LogP contribution in [0.4, 0.5) is 0 Å². The van der Waals surface area contributed by atoms with E-state index < -0.39 is 0 Å². The Balaban J connectivity index is 1.81. The summed E-state index contributed by atoms with van der Waals surface area (Å²) in [5.74, 6) is 0.578. The summed E-state index contributed by atoms with van der Waals surface area (Å²) < 4.78 is 0. The van der Waals surface area contributed by atoms with E-state index >= 15 is 0 Å². The molecule has 1 aromatic rings. The summed E-state index contributed by atoms with van der Waals surface area (Å²) in [5, 5.41) is 3.59. The highest BCUT2D eigenvalue weighted by Crippen LogP contribution is 2.30. The number of hydrogen-bond donors (Lipinski definition) is 1. The fourth-order valence-electron chi connectivity index (χ4n) is 3.40. The Morgan fingerprint density at radius 2 is 1.94 bits per heavy atom. The summed E-state index contributed by atoms with van der Waals surface area (Å²) in [6, 6.07) is 8.54. The second-order valence-corrected chi connectivity index (χ2v) is 5.58. The molecule has 0 radical (unpaired) electrons. The molecule has 1 saturated heterocycles. The van der Waals surface area contributed by atoms with E-state index in [9.17, 15) is 4.79 Å². The monoisotopic (exact) mass is 243 g/mol. The summed E-state index contributed by atoms with van der Waals surface area (Å²) in [4.78, 5) is 12.6. The molecule has 2 heteroatoms. The van der Waals surface area contributed by atoms with Gasteiger partial charge in [-0.3, -0.25) is 4.79 Å². The topological polar surface area (TPSA) is 29.1 Å². The maximum absolute atomic E-state index is 12.6. The lowest BCUT2D eigenvalue weighted by Gasteiger charge is -2.30. The second kappa shape index (κ2) is 5.23. The molecule has 0 aromatic heterocycles. The highest BCUT2D eigenvalue weighted by atomic mass is 16.1. The Morgan fingerprint density at radius 1 is 1.06 bits per heavy atom. The first-order valence-electron chi connectivity index (χ1n) is 7.22. The van der Waals surface area contributed by atoms with Crippen LogP contribution in [0.3, 0.4) is 0 Å². The maximum atomic E-state index is 12.6. The van der Waals surface area contributed by atoms with Gasteiger partial charge in [0.05, 0.1) is 0 Å². The number of carbonyl (C=O) groups is 1. The molecule has 1 fully saturated rings. The van der Waals surface area contributed by atoms with Crippen LogP contribution in [0.15, 0.2) is 24.3 Å². The van der Waals surface area contributed by atoms with E-state index in [0.29, 0.717) is 11.8 Å². The molecule has 0 bridgehead atoms. The number of carbonyl (C=O) groups excluding carboxylic acids is 1. The number of hydrogen-bond acceptors (Lipinski definition) is 2. The zero-order valence-electron chi connectivity index (χ0n) is 10.8. The molecule has 0 saturated carbocycles. The van der Waals surface area contributed by atoms with Crippen LogP contribution >= 0.6 is 0 Å². The third-order valence-corrected chi connectivity index (χ3v) is 4.43.